The molecule has 0 aliphatic heterocycles. The van der Waals surface area contributed by atoms with Crippen molar-refractivity contribution in [3.8, 4) is 0 Å². The first kappa shape index (κ1) is 15.2. The molecule has 6 heteroatoms. The summed E-state index contributed by atoms with van der Waals surface area (Å²) in [6.07, 6.45) is 4.15. The van der Waals surface area contributed by atoms with Crippen LogP contribution in [-0.4, -0.2) is 32.9 Å². The van der Waals surface area contributed by atoms with Crippen LogP contribution in [0.2, 0.25) is 0 Å². The summed E-state index contributed by atoms with van der Waals surface area (Å²) in [5, 5.41) is -0.413. The van der Waals surface area contributed by atoms with E-state index in [4.69, 9.17) is 4.18 Å². The van der Waals surface area contributed by atoms with Gasteiger partial charge in [0, 0.05) is 6.08 Å². The highest BCUT2D eigenvalue weighted by Gasteiger charge is 2.30. The summed E-state index contributed by atoms with van der Waals surface area (Å²) in [6, 6.07) is 0. The minimum Gasteiger partial charge on any atom is -0.460 e. The topological polar surface area (TPSA) is 69.7 Å². The molecule has 0 aromatic carbocycles. The Kier molecular flexibility index (Phi) is 5.81. The summed E-state index contributed by atoms with van der Waals surface area (Å²) in [6.45, 7) is 5.15. The van der Waals surface area contributed by atoms with E-state index in [1.54, 1.807) is 0 Å². The fraction of sp³-hybridized carbons (Fsp3) is 0.750. The Morgan fingerprint density at radius 1 is 1.28 bits per heavy atom. The molecule has 0 heterocycles. The van der Waals surface area contributed by atoms with Crippen LogP contribution in [0.25, 0.3) is 0 Å². The number of hydrogen-bond donors (Lipinski definition) is 0. The van der Waals surface area contributed by atoms with Gasteiger partial charge in [-0.05, 0) is 31.6 Å². The highest BCUT2D eigenvalue weighted by atomic mass is 32.2. The van der Waals surface area contributed by atoms with E-state index >= 15 is 0 Å². The van der Waals surface area contributed by atoms with Crippen molar-refractivity contribution in [1.82, 2.24) is 0 Å². The van der Waals surface area contributed by atoms with Gasteiger partial charge >= 0.3 is 5.97 Å². The minimum absolute atomic E-state index is 0.0762. The smallest absolute Gasteiger partial charge is 0.330 e. The van der Waals surface area contributed by atoms with Crippen LogP contribution in [0, 0.1) is 5.92 Å². The van der Waals surface area contributed by atoms with E-state index in [0.29, 0.717) is 18.8 Å². The van der Waals surface area contributed by atoms with E-state index in [1.807, 2.05) is 0 Å². The second-order valence-corrected chi connectivity index (χ2v) is 6.46. The molecule has 1 rings (SSSR count). The highest BCUT2D eigenvalue weighted by Crippen LogP contribution is 2.28. The summed E-state index contributed by atoms with van der Waals surface area (Å²) < 4.78 is 33.2. The van der Waals surface area contributed by atoms with Crippen molar-refractivity contribution in [3.63, 3.8) is 0 Å². The Bertz CT molecular complexity index is 379. The molecule has 5 nitrogen and oxygen atoms in total. The van der Waals surface area contributed by atoms with E-state index in [-0.39, 0.29) is 13.2 Å². The van der Waals surface area contributed by atoms with Gasteiger partial charge in [0.05, 0.1) is 5.25 Å². The maximum atomic E-state index is 11.8. The van der Waals surface area contributed by atoms with Crippen LogP contribution in [0.15, 0.2) is 12.7 Å². The first-order valence-electron chi connectivity index (χ1n) is 6.13. The Labute approximate surface area is 108 Å². The van der Waals surface area contributed by atoms with Gasteiger partial charge in [-0.3, -0.25) is 4.18 Å². The molecule has 0 spiro atoms. The van der Waals surface area contributed by atoms with Crippen molar-refractivity contribution in [1.29, 1.82) is 0 Å². The second kappa shape index (κ2) is 6.89. The van der Waals surface area contributed by atoms with Gasteiger partial charge in [-0.2, -0.15) is 8.42 Å². The maximum absolute atomic E-state index is 11.8. The lowest BCUT2D eigenvalue weighted by Gasteiger charge is -2.25. The molecular formula is C12H20O5S. The predicted molar refractivity (Wildman–Crippen MR) is 67.4 cm³/mol. The molecule has 0 bridgehead atoms. The van der Waals surface area contributed by atoms with Crippen LogP contribution >= 0.6 is 0 Å². The number of rotatable bonds is 6. The average Bonchev–Trinajstić information content (AvgIpc) is 2.35. The zero-order valence-electron chi connectivity index (χ0n) is 10.6. The van der Waals surface area contributed by atoms with Crippen molar-refractivity contribution in [2.45, 2.75) is 37.9 Å². The van der Waals surface area contributed by atoms with Gasteiger partial charge in [0.1, 0.15) is 13.2 Å². The summed E-state index contributed by atoms with van der Waals surface area (Å²) in [5.41, 5.74) is 0. The normalized spacial score (nSPS) is 24.5. The third kappa shape index (κ3) is 4.78. The quantitative estimate of drug-likeness (QED) is 0.319. The van der Waals surface area contributed by atoms with Crippen molar-refractivity contribution in [3.05, 3.63) is 12.7 Å². The van der Waals surface area contributed by atoms with Crippen LogP contribution in [0.3, 0.4) is 0 Å². The summed E-state index contributed by atoms with van der Waals surface area (Å²) in [5.74, 6) is 0.00693. The fourth-order valence-corrected chi connectivity index (χ4v) is 3.31. The molecule has 0 aromatic rings. The molecule has 1 aliphatic carbocycles. The van der Waals surface area contributed by atoms with Gasteiger partial charge in [-0.15, -0.1) is 0 Å². The number of carbonyl (C=O) groups excluding carboxylic acids is 1. The SMILES string of the molecule is C=CC(=O)OCCOS(=O)(=O)C1CCC(C)CC1. The van der Waals surface area contributed by atoms with Crippen molar-refractivity contribution in [2.24, 2.45) is 5.92 Å². The molecule has 0 radical (unpaired) electrons. The fourth-order valence-electron chi connectivity index (χ4n) is 1.97. The first-order valence-corrected chi connectivity index (χ1v) is 7.60. The summed E-state index contributed by atoms with van der Waals surface area (Å²) in [4.78, 5) is 10.7. The number of ether oxygens (including phenoxy) is 1. The summed E-state index contributed by atoms with van der Waals surface area (Å²) in [7, 11) is -3.53. The third-order valence-corrected chi connectivity index (χ3v) is 4.90. The third-order valence-electron chi connectivity index (χ3n) is 3.11. The zero-order chi connectivity index (χ0) is 13.6. The van der Waals surface area contributed by atoms with Gasteiger partial charge < -0.3 is 4.74 Å². The molecule has 18 heavy (non-hydrogen) atoms. The monoisotopic (exact) mass is 276 g/mol. The van der Waals surface area contributed by atoms with Gasteiger partial charge in [0.25, 0.3) is 10.1 Å². The van der Waals surface area contributed by atoms with Crippen molar-refractivity contribution in [2.75, 3.05) is 13.2 Å². The van der Waals surface area contributed by atoms with E-state index in [1.165, 1.54) is 0 Å². The van der Waals surface area contributed by atoms with Crippen LogP contribution in [0.4, 0.5) is 0 Å². The van der Waals surface area contributed by atoms with Crippen molar-refractivity contribution < 1.29 is 22.1 Å². The van der Waals surface area contributed by atoms with Crippen molar-refractivity contribution >= 4 is 16.1 Å². The molecule has 0 N–H and O–H groups in total. The molecular weight excluding hydrogens is 256 g/mol. The van der Waals surface area contributed by atoms with E-state index in [9.17, 15) is 13.2 Å². The lowest BCUT2D eigenvalue weighted by Crippen LogP contribution is -2.29. The molecule has 1 fully saturated rings. The molecule has 1 saturated carbocycles. The standard InChI is InChI=1S/C12H20O5S/c1-3-12(13)16-8-9-17-18(14,15)11-6-4-10(2)5-7-11/h3,10-11H,1,4-9H2,2H3. The molecule has 0 atom stereocenters. The maximum Gasteiger partial charge on any atom is 0.330 e. The lowest BCUT2D eigenvalue weighted by atomic mass is 9.91. The van der Waals surface area contributed by atoms with E-state index < -0.39 is 21.3 Å². The van der Waals surface area contributed by atoms with Crippen LogP contribution in [0.1, 0.15) is 32.6 Å². The molecule has 0 saturated heterocycles. The first-order chi connectivity index (χ1) is 8.45. The van der Waals surface area contributed by atoms with Gasteiger partial charge in [-0.1, -0.05) is 13.5 Å². The molecule has 104 valence electrons. The lowest BCUT2D eigenvalue weighted by molar-refractivity contribution is -0.138. The van der Waals surface area contributed by atoms with Crippen LogP contribution in [-0.2, 0) is 23.8 Å². The zero-order valence-corrected chi connectivity index (χ0v) is 11.4. The highest BCUT2D eigenvalue weighted by molar-refractivity contribution is 7.87. The van der Waals surface area contributed by atoms with Gasteiger partial charge in [0.2, 0.25) is 0 Å². The van der Waals surface area contributed by atoms with Gasteiger partial charge in [0.15, 0.2) is 0 Å². The molecule has 1 aliphatic rings. The molecule has 0 amide bonds. The number of hydrogen-bond acceptors (Lipinski definition) is 5. The van der Waals surface area contributed by atoms with Crippen LogP contribution in [0.5, 0.6) is 0 Å². The minimum atomic E-state index is -3.53. The Morgan fingerprint density at radius 2 is 1.89 bits per heavy atom. The summed E-state index contributed by atoms with van der Waals surface area (Å²) >= 11 is 0. The number of esters is 1. The number of carbonyl (C=O) groups is 1. The largest absolute Gasteiger partial charge is 0.460 e. The van der Waals surface area contributed by atoms with E-state index in [2.05, 4.69) is 18.2 Å². The second-order valence-electron chi connectivity index (χ2n) is 4.57. The van der Waals surface area contributed by atoms with Crippen LogP contribution < -0.4 is 0 Å². The van der Waals surface area contributed by atoms with E-state index in [0.717, 1.165) is 18.9 Å². The van der Waals surface area contributed by atoms with Gasteiger partial charge in [-0.25, -0.2) is 4.79 Å². The average molecular weight is 276 g/mol. The Hall–Kier alpha value is -0.880. The molecule has 0 aromatic heterocycles. The Morgan fingerprint density at radius 3 is 2.44 bits per heavy atom. The predicted octanol–water partition coefficient (Wildman–Crippen LogP) is 1.64. The Balaban J connectivity index is 2.31. The molecule has 0 unspecified atom stereocenters.